The molecule has 1 fully saturated rings. The maximum Gasteiger partial charge on any atom is 0.223 e. The van der Waals surface area contributed by atoms with E-state index in [0.717, 1.165) is 29.9 Å². The van der Waals surface area contributed by atoms with Crippen LogP contribution in [0.1, 0.15) is 61.5 Å². The number of hydrogen-bond donors (Lipinski definition) is 1. The maximum atomic E-state index is 13.4. The first-order valence-corrected chi connectivity index (χ1v) is 10.6. The Balaban J connectivity index is 1.52. The van der Waals surface area contributed by atoms with Crippen molar-refractivity contribution < 1.29 is 4.79 Å². The molecule has 0 spiro atoms. The summed E-state index contributed by atoms with van der Waals surface area (Å²) in [6.07, 6.45) is 9.68. The first-order valence-electron chi connectivity index (χ1n) is 10.6. The van der Waals surface area contributed by atoms with Crippen LogP contribution >= 0.6 is 0 Å². The average molecular weight is 374 g/mol. The van der Waals surface area contributed by atoms with Crippen LogP contribution < -0.4 is 0 Å². The normalized spacial score (nSPS) is 20.3. The highest BCUT2D eigenvalue weighted by atomic mass is 16.2. The SMILES string of the molecule is O=C(CC1CCCCC1)N1CCc2c([nH]c3ccccc23)C1c1ccccn1. The number of nitrogens with one attached hydrogen (secondary N) is 1. The number of carbonyl (C=O) groups is 1. The first kappa shape index (κ1) is 17.5. The minimum Gasteiger partial charge on any atom is -0.356 e. The molecule has 1 N–H and O–H groups in total. The Kier molecular flexibility index (Phi) is 4.63. The smallest absolute Gasteiger partial charge is 0.223 e. The van der Waals surface area contributed by atoms with Gasteiger partial charge in [-0.2, -0.15) is 0 Å². The lowest BCUT2D eigenvalue weighted by Gasteiger charge is -2.36. The van der Waals surface area contributed by atoms with Crippen molar-refractivity contribution in [1.82, 2.24) is 14.9 Å². The molecule has 1 aliphatic carbocycles. The Morgan fingerprint density at radius 3 is 2.71 bits per heavy atom. The van der Waals surface area contributed by atoms with Crippen molar-refractivity contribution in [1.29, 1.82) is 0 Å². The van der Waals surface area contributed by atoms with Crippen LogP contribution in [0.15, 0.2) is 48.7 Å². The minimum atomic E-state index is -0.117. The fourth-order valence-corrected chi connectivity index (χ4v) is 5.11. The zero-order valence-electron chi connectivity index (χ0n) is 16.2. The molecule has 1 aliphatic heterocycles. The first-order chi connectivity index (χ1) is 13.8. The van der Waals surface area contributed by atoms with Gasteiger partial charge in [-0.3, -0.25) is 9.78 Å². The van der Waals surface area contributed by atoms with E-state index in [0.29, 0.717) is 12.3 Å². The topological polar surface area (TPSA) is 49.0 Å². The molecule has 4 nitrogen and oxygen atoms in total. The van der Waals surface area contributed by atoms with Crippen LogP contribution in [0.25, 0.3) is 10.9 Å². The Hall–Kier alpha value is -2.62. The molecule has 28 heavy (non-hydrogen) atoms. The van der Waals surface area contributed by atoms with Crippen molar-refractivity contribution in [3.05, 3.63) is 65.6 Å². The lowest BCUT2D eigenvalue weighted by Crippen LogP contribution is -2.41. The van der Waals surface area contributed by atoms with Crippen LogP contribution in [-0.4, -0.2) is 27.3 Å². The van der Waals surface area contributed by atoms with Gasteiger partial charge in [0.1, 0.15) is 6.04 Å². The van der Waals surface area contributed by atoms with Gasteiger partial charge < -0.3 is 9.88 Å². The highest BCUT2D eigenvalue weighted by Crippen LogP contribution is 2.38. The number of carbonyl (C=O) groups excluding carboxylic acids is 1. The summed E-state index contributed by atoms with van der Waals surface area (Å²) in [6.45, 7) is 0.766. The highest BCUT2D eigenvalue weighted by Gasteiger charge is 2.35. The van der Waals surface area contributed by atoms with Gasteiger partial charge in [-0.25, -0.2) is 0 Å². The fourth-order valence-electron chi connectivity index (χ4n) is 5.11. The standard InChI is InChI=1S/C24H27N3O/c28-22(16-17-8-2-1-3-9-17)27-15-13-19-18-10-4-5-11-20(18)26-23(19)24(27)21-12-6-7-14-25-21/h4-7,10-12,14,17,24,26H,1-3,8-9,13,15-16H2. The van der Waals surface area contributed by atoms with Crippen LogP contribution in [0.5, 0.6) is 0 Å². The summed E-state index contributed by atoms with van der Waals surface area (Å²) in [6, 6.07) is 14.3. The summed E-state index contributed by atoms with van der Waals surface area (Å²) in [7, 11) is 0. The van der Waals surface area contributed by atoms with Gasteiger partial charge in [0, 0.05) is 35.8 Å². The van der Waals surface area contributed by atoms with E-state index in [1.807, 2.05) is 24.4 Å². The summed E-state index contributed by atoms with van der Waals surface area (Å²) in [5, 5.41) is 1.28. The van der Waals surface area contributed by atoms with Gasteiger partial charge >= 0.3 is 0 Å². The van der Waals surface area contributed by atoms with Gasteiger partial charge in [-0.1, -0.05) is 43.5 Å². The second-order valence-corrected chi connectivity index (χ2v) is 8.27. The number of nitrogens with zero attached hydrogens (tertiary/aromatic N) is 2. The summed E-state index contributed by atoms with van der Waals surface area (Å²) in [5.41, 5.74) is 4.58. The molecular weight excluding hydrogens is 346 g/mol. The monoisotopic (exact) mass is 373 g/mol. The zero-order chi connectivity index (χ0) is 18.9. The molecule has 1 aromatic carbocycles. The molecule has 1 saturated carbocycles. The number of benzene rings is 1. The lowest BCUT2D eigenvalue weighted by atomic mass is 9.86. The Morgan fingerprint density at radius 1 is 1.07 bits per heavy atom. The molecule has 5 rings (SSSR count). The predicted molar refractivity (Wildman–Crippen MR) is 111 cm³/mol. The maximum absolute atomic E-state index is 13.4. The van der Waals surface area contributed by atoms with Crippen molar-refractivity contribution in [2.75, 3.05) is 6.54 Å². The van der Waals surface area contributed by atoms with Gasteiger partial charge in [-0.15, -0.1) is 0 Å². The Bertz CT molecular complexity index is 972. The van der Waals surface area contributed by atoms with E-state index in [1.165, 1.54) is 43.1 Å². The van der Waals surface area contributed by atoms with Gasteiger partial charge in [0.15, 0.2) is 0 Å². The van der Waals surface area contributed by atoms with E-state index in [9.17, 15) is 4.79 Å². The van der Waals surface area contributed by atoms with Crippen LogP contribution in [0.2, 0.25) is 0 Å². The summed E-state index contributed by atoms with van der Waals surface area (Å²) in [4.78, 5) is 23.7. The second-order valence-electron chi connectivity index (χ2n) is 8.27. The van der Waals surface area contributed by atoms with Crippen molar-refractivity contribution in [3.63, 3.8) is 0 Å². The van der Waals surface area contributed by atoms with Crippen molar-refractivity contribution in [3.8, 4) is 0 Å². The predicted octanol–water partition coefficient (Wildman–Crippen LogP) is 5.01. The number of fused-ring (bicyclic) bond motifs is 3. The molecular formula is C24H27N3O. The minimum absolute atomic E-state index is 0.117. The van der Waals surface area contributed by atoms with E-state index >= 15 is 0 Å². The van der Waals surface area contributed by atoms with E-state index in [4.69, 9.17) is 0 Å². The fraction of sp³-hybridized carbons (Fsp3) is 0.417. The van der Waals surface area contributed by atoms with Crippen molar-refractivity contribution in [2.24, 2.45) is 5.92 Å². The van der Waals surface area contributed by atoms with E-state index in [2.05, 4.69) is 39.1 Å². The number of hydrogen-bond acceptors (Lipinski definition) is 2. The molecule has 1 unspecified atom stereocenters. The summed E-state index contributed by atoms with van der Waals surface area (Å²) >= 11 is 0. The van der Waals surface area contributed by atoms with Crippen LogP contribution in [-0.2, 0) is 11.2 Å². The van der Waals surface area contributed by atoms with Crippen LogP contribution in [0.4, 0.5) is 0 Å². The third-order valence-corrected chi connectivity index (χ3v) is 6.51. The van der Waals surface area contributed by atoms with Gasteiger partial charge in [0.25, 0.3) is 0 Å². The Labute approximate surface area is 166 Å². The van der Waals surface area contributed by atoms with Crippen molar-refractivity contribution >= 4 is 16.8 Å². The average Bonchev–Trinajstić information content (AvgIpc) is 3.13. The molecule has 4 heteroatoms. The number of pyridine rings is 1. The molecule has 2 aromatic heterocycles. The molecule has 0 bridgehead atoms. The second kappa shape index (κ2) is 7.42. The molecule has 1 atom stereocenters. The molecule has 0 saturated heterocycles. The number of H-pyrrole nitrogens is 1. The van der Waals surface area contributed by atoms with Gasteiger partial charge in [0.05, 0.1) is 5.69 Å². The number of aromatic amines is 1. The molecule has 1 amide bonds. The molecule has 144 valence electrons. The van der Waals surface area contributed by atoms with Gasteiger partial charge in [0.2, 0.25) is 5.91 Å². The number of para-hydroxylation sites is 1. The van der Waals surface area contributed by atoms with E-state index in [1.54, 1.807) is 0 Å². The third-order valence-electron chi connectivity index (χ3n) is 6.51. The van der Waals surface area contributed by atoms with E-state index < -0.39 is 0 Å². The zero-order valence-corrected chi connectivity index (χ0v) is 16.2. The Morgan fingerprint density at radius 2 is 1.89 bits per heavy atom. The third kappa shape index (κ3) is 3.11. The molecule has 2 aliphatic rings. The number of amides is 1. The molecule has 3 heterocycles. The summed E-state index contributed by atoms with van der Waals surface area (Å²) in [5.74, 6) is 0.835. The van der Waals surface area contributed by atoms with Crippen LogP contribution in [0.3, 0.4) is 0 Å². The molecule has 3 aromatic rings. The van der Waals surface area contributed by atoms with E-state index in [-0.39, 0.29) is 11.9 Å². The lowest BCUT2D eigenvalue weighted by molar-refractivity contribution is -0.134. The number of aromatic nitrogens is 2. The quantitative estimate of drug-likeness (QED) is 0.702. The number of rotatable bonds is 3. The van der Waals surface area contributed by atoms with Crippen LogP contribution in [0, 0.1) is 5.92 Å². The molecule has 0 radical (unpaired) electrons. The largest absolute Gasteiger partial charge is 0.356 e. The summed E-state index contributed by atoms with van der Waals surface area (Å²) < 4.78 is 0. The highest BCUT2D eigenvalue weighted by molar-refractivity contribution is 5.86. The van der Waals surface area contributed by atoms with Crippen molar-refractivity contribution in [2.45, 2.75) is 51.0 Å². The van der Waals surface area contributed by atoms with Gasteiger partial charge in [-0.05, 0) is 48.9 Å².